The van der Waals surface area contributed by atoms with Crippen molar-refractivity contribution < 1.29 is 19.1 Å². The average molecular weight is 241 g/mol. The van der Waals surface area contributed by atoms with Gasteiger partial charge in [0, 0.05) is 18.9 Å². The molecule has 5 heteroatoms. The van der Waals surface area contributed by atoms with Crippen LogP contribution in [0.25, 0.3) is 0 Å². The van der Waals surface area contributed by atoms with E-state index in [0.717, 1.165) is 6.42 Å². The maximum Gasteiger partial charge on any atom is 0.308 e. The molecule has 0 bridgehead atoms. The summed E-state index contributed by atoms with van der Waals surface area (Å²) >= 11 is 0. The highest BCUT2D eigenvalue weighted by molar-refractivity contribution is 5.84. The largest absolute Gasteiger partial charge is 0.457 e. The van der Waals surface area contributed by atoms with E-state index in [4.69, 9.17) is 4.74 Å². The molecule has 1 aliphatic heterocycles. The quantitative estimate of drug-likeness (QED) is 0.694. The van der Waals surface area contributed by atoms with Gasteiger partial charge < -0.3 is 10.1 Å². The van der Waals surface area contributed by atoms with Gasteiger partial charge in [0.15, 0.2) is 5.78 Å². The molecular formula is C12H19NO4. The summed E-state index contributed by atoms with van der Waals surface area (Å²) in [5.74, 6) is -0.740. The van der Waals surface area contributed by atoms with E-state index in [9.17, 15) is 14.4 Å². The molecule has 0 radical (unpaired) electrons. The molecule has 0 aliphatic carbocycles. The molecular weight excluding hydrogens is 222 g/mol. The summed E-state index contributed by atoms with van der Waals surface area (Å²) in [7, 11) is 0. The van der Waals surface area contributed by atoms with Crippen molar-refractivity contribution in [3.05, 3.63) is 0 Å². The normalized spacial score (nSPS) is 19.2. The monoisotopic (exact) mass is 241 g/mol. The third kappa shape index (κ3) is 4.54. The summed E-state index contributed by atoms with van der Waals surface area (Å²) in [5.41, 5.74) is 0. The Balaban J connectivity index is 2.17. The topological polar surface area (TPSA) is 72.5 Å². The highest BCUT2D eigenvalue weighted by Crippen LogP contribution is 2.15. The van der Waals surface area contributed by atoms with E-state index in [-0.39, 0.29) is 36.1 Å². The van der Waals surface area contributed by atoms with Crippen LogP contribution in [-0.2, 0) is 19.1 Å². The molecule has 1 heterocycles. The Hall–Kier alpha value is -1.39. The fourth-order valence-corrected chi connectivity index (χ4v) is 1.65. The van der Waals surface area contributed by atoms with Crippen molar-refractivity contribution in [2.75, 3.05) is 13.2 Å². The summed E-state index contributed by atoms with van der Waals surface area (Å²) in [6.45, 7) is 3.96. The highest BCUT2D eigenvalue weighted by Gasteiger charge is 2.24. The molecule has 1 rings (SSSR count). The lowest BCUT2D eigenvalue weighted by Crippen LogP contribution is -2.21. The minimum absolute atomic E-state index is 0.0250. The van der Waals surface area contributed by atoms with Gasteiger partial charge in [-0.05, 0) is 12.8 Å². The third-order valence-electron chi connectivity index (χ3n) is 2.78. The highest BCUT2D eigenvalue weighted by atomic mass is 16.5. The van der Waals surface area contributed by atoms with E-state index in [1.54, 1.807) is 13.8 Å². The first-order chi connectivity index (χ1) is 8.00. The maximum atomic E-state index is 11.4. The number of carbonyl (C=O) groups excluding carboxylic acids is 3. The summed E-state index contributed by atoms with van der Waals surface area (Å²) in [6, 6.07) is 0. The average Bonchev–Trinajstić information content (AvgIpc) is 2.68. The van der Waals surface area contributed by atoms with Crippen molar-refractivity contribution in [2.24, 2.45) is 11.8 Å². The Kier molecular flexibility index (Phi) is 5.12. The lowest BCUT2D eigenvalue weighted by molar-refractivity contribution is -0.151. The van der Waals surface area contributed by atoms with Gasteiger partial charge >= 0.3 is 5.97 Å². The van der Waals surface area contributed by atoms with Gasteiger partial charge in [0.1, 0.15) is 6.61 Å². The van der Waals surface area contributed by atoms with Crippen LogP contribution in [0.4, 0.5) is 0 Å². The third-order valence-corrected chi connectivity index (χ3v) is 2.78. The van der Waals surface area contributed by atoms with Crippen LogP contribution < -0.4 is 5.32 Å². The number of ketones is 1. The van der Waals surface area contributed by atoms with Crippen LogP contribution >= 0.6 is 0 Å². The molecule has 0 spiro atoms. The molecule has 96 valence electrons. The minimum Gasteiger partial charge on any atom is -0.457 e. The van der Waals surface area contributed by atoms with Crippen molar-refractivity contribution in [2.45, 2.75) is 33.1 Å². The van der Waals surface area contributed by atoms with Crippen molar-refractivity contribution in [3.8, 4) is 0 Å². The van der Waals surface area contributed by atoms with Crippen LogP contribution in [0.2, 0.25) is 0 Å². The molecule has 1 fully saturated rings. The van der Waals surface area contributed by atoms with Gasteiger partial charge in [0.2, 0.25) is 5.91 Å². The standard InChI is InChI=1S/C12H19NO4/c1-8(2)12(16)17-7-10(14)4-3-9-5-6-13-11(9)15/h8-9H,3-7H2,1-2H3,(H,13,15)/t9-/m0/s1. The minimum atomic E-state index is -0.364. The van der Waals surface area contributed by atoms with Gasteiger partial charge in [-0.2, -0.15) is 0 Å². The molecule has 0 saturated carbocycles. The SMILES string of the molecule is CC(C)C(=O)OCC(=O)CC[C@H]1CCNC1=O. The molecule has 1 aliphatic rings. The number of amides is 1. The molecule has 0 aromatic carbocycles. The Bertz CT molecular complexity index is 312. The zero-order valence-corrected chi connectivity index (χ0v) is 10.3. The molecule has 1 saturated heterocycles. The van der Waals surface area contributed by atoms with Crippen molar-refractivity contribution in [1.29, 1.82) is 0 Å². The zero-order valence-electron chi connectivity index (χ0n) is 10.3. The predicted octanol–water partition coefficient (Wildman–Crippen LogP) is 0.671. The van der Waals surface area contributed by atoms with E-state index in [1.807, 2.05) is 0 Å². The number of ether oxygens (including phenoxy) is 1. The van der Waals surface area contributed by atoms with E-state index in [2.05, 4.69) is 5.32 Å². The number of carbonyl (C=O) groups is 3. The van der Waals surface area contributed by atoms with Crippen molar-refractivity contribution in [3.63, 3.8) is 0 Å². The number of nitrogens with one attached hydrogen (secondary N) is 1. The van der Waals surface area contributed by atoms with E-state index >= 15 is 0 Å². The Morgan fingerprint density at radius 1 is 1.47 bits per heavy atom. The molecule has 0 aromatic heterocycles. The first-order valence-electron chi connectivity index (χ1n) is 5.96. The Morgan fingerprint density at radius 2 is 2.18 bits per heavy atom. The van der Waals surface area contributed by atoms with Crippen LogP contribution in [0, 0.1) is 11.8 Å². The van der Waals surface area contributed by atoms with E-state index in [0.29, 0.717) is 19.4 Å². The smallest absolute Gasteiger partial charge is 0.308 e. The van der Waals surface area contributed by atoms with Gasteiger partial charge in [-0.25, -0.2) is 0 Å². The van der Waals surface area contributed by atoms with Crippen LogP contribution in [0.3, 0.4) is 0 Å². The van der Waals surface area contributed by atoms with Gasteiger partial charge in [-0.3, -0.25) is 14.4 Å². The van der Waals surface area contributed by atoms with Crippen LogP contribution in [0.15, 0.2) is 0 Å². The molecule has 0 aromatic rings. The maximum absolute atomic E-state index is 11.4. The molecule has 17 heavy (non-hydrogen) atoms. The lowest BCUT2D eigenvalue weighted by atomic mass is 10.0. The van der Waals surface area contributed by atoms with E-state index in [1.165, 1.54) is 0 Å². The van der Waals surface area contributed by atoms with Crippen LogP contribution in [0.5, 0.6) is 0 Å². The summed E-state index contributed by atoms with van der Waals surface area (Å²) in [5, 5.41) is 2.72. The zero-order chi connectivity index (χ0) is 12.8. The summed E-state index contributed by atoms with van der Waals surface area (Å²) in [4.78, 5) is 33.8. The number of esters is 1. The fraction of sp³-hybridized carbons (Fsp3) is 0.750. The number of hydrogen-bond donors (Lipinski definition) is 1. The summed E-state index contributed by atoms with van der Waals surface area (Å²) in [6.07, 6.45) is 1.63. The van der Waals surface area contributed by atoms with Gasteiger partial charge in [-0.15, -0.1) is 0 Å². The van der Waals surface area contributed by atoms with Crippen LogP contribution in [-0.4, -0.2) is 30.8 Å². The first kappa shape index (κ1) is 13.7. The molecule has 1 amide bonds. The second-order valence-corrected chi connectivity index (χ2v) is 4.62. The van der Waals surface area contributed by atoms with Crippen LogP contribution in [0.1, 0.15) is 33.1 Å². The van der Waals surface area contributed by atoms with Gasteiger partial charge in [0.05, 0.1) is 5.92 Å². The molecule has 1 atom stereocenters. The molecule has 5 nitrogen and oxygen atoms in total. The number of Topliss-reactive ketones (excluding diaryl/α,β-unsaturated/α-hetero) is 1. The molecule has 1 N–H and O–H groups in total. The Labute approximate surface area is 101 Å². The predicted molar refractivity (Wildman–Crippen MR) is 61.2 cm³/mol. The van der Waals surface area contributed by atoms with E-state index < -0.39 is 0 Å². The van der Waals surface area contributed by atoms with Gasteiger partial charge in [0.25, 0.3) is 0 Å². The van der Waals surface area contributed by atoms with Gasteiger partial charge in [-0.1, -0.05) is 13.8 Å². The first-order valence-corrected chi connectivity index (χ1v) is 5.96. The fourth-order valence-electron chi connectivity index (χ4n) is 1.65. The number of rotatable bonds is 6. The summed E-state index contributed by atoms with van der Waals surface area (Å²) < 4.78 is 4.82. The van der Waals surface area contributed by atoms with Crippen molar-refractivity contribution in [1.82, 2.24) is 5.32 Å². The second-order valence-electron chi connectivity index (χ2n) is 4.62. The molecule has 0 unspecified atom stereocenters. The Morgan fingerprint density at radius 3 is 2.71 bits per heavy atom. The number of hydrogen-bond acceptors (Lipinski definition) is 4. The lowest BCUT2D eigenvalue weighted by Gasteiger charge is -2.08. The van der Waals surface area contributed by atoms with Crippen molar-refractivity contribution >= 4 is 17.7 Å². The second kappa shape index (κ2) is 6.37.